The number of benzene rings is 1. The molecular weight excluding hydrogens is 334 g/mol. The van der Waals surface area contributed by atoms with Crippen LogP contribution in [0.15, 0.2) is 24.2 Å². The summed E-state index contributed by atoms with van der Waals surface area (Å²) in [6.45, 7) is 1.36. The van der Waals surface area contributed by atoms with E-state index in [0.29, 0.717) is 24.2 Å². The van der Waals surface area contributed by atoms with Gasteiger partial charge in [-0.05, 0) is 42.5 Å². The maximum Gasteiger partial charge on any atom is 0.274 e. The van der Waals surface area contributed by atoms with Crippen LogP contribution in [0.2, 0.25) is 0 Å². The molecule has 0 aromatic heterocycles. The van der Waals surface area contributed by atoms with Gasteiger partial charge in [0.1, 0.15) is 0 Å². The first kappa shape index (κ1) is 18.4. The Balaban J connectivity index is 1.80. The largest absolute Gasteiger partial charge is 0.493 e. The summed E-state index contributed by atoms with van der Waals surface area (Å²) < 4.78 is 10.8. The van der Waals surface area contributed by atoms with E-state index in [0.717, 1.165) is 43.3 Å². The molecule has 1 saturated carbocycles. The summed E-state index contributed by atoms with van der Waals surface area (Å²) in [6, 6.07) is 4.31. The van der Waals surface area contributed by atoms with Crippen molar-refractivity contribution in [1.82, 2.24) is 10.2 Å². The van der Waals surface area contributed by atoms with Gasteiger partial charge < -0.3 is 19.7 Å². The highest BCUT2D eigenvalue weighted by atomic mass is 16.6. The highest BCUT2D eigenvalue weighted by molar-refractivity contribution is 5.48. The second-order valence-corrected chi connectivity index (χ2v) is 6.93. The third-order valence-electron chi connectivity index (χ3n) is 5.24. The van der Waals surface area contributed by atoms with E-state index in [4.69, 9.17) is 9.47 Å². The lowest BCUT2D eigenvalue weighted by atomic mass is 9.95. The van der Waals surface area contributed by atoms with E-state index in [2.05, 4.69) is 10.2 Å². The summed E-state index contributed by atoms with van der Waals surface area (Å²) in [7, 11) is 3.25. The van der Waals surface area contributed by atoms with E-state index in [-0.39, 0.29) is 4.92 Å². The minimum absolute atomic E-state index is 0.321. The van der Waals surface area contributed by atoms with Crippen LogP contribution in [0.1, 0.15) is 43.2 Å². The quantitative estimate of drug-likeness (QED) is 0.620. The average Bonchev–Trinajstić information content (AvgIpc) is 2.66. The first-order chi connectivity index (χ1) is 12.6. The van der Waals surface area contributed by atoms with Crippen molar-refractivity contribution in [2.45, 2.75) is 51.1 Å². The fraction of sp³-hybridized carbons (Fsp3) is 0.579. The second-order valence-electron chi connectivity index (χ2n) is 6.93. The predicted octanol–water partition coefficient (Wildman–Crippen LogP) is 3.06. The monoisotopic (exact) mass is 361 g/mol. The van der Waals surface area contributed by atoms with Gasteiger partial charge >= 0.3 is 0 Å². The van der Waals surface area contributed by atoms with Crippen LogP contribution in [0.5, 0.6) is 11.5 Å². The van der Waals surface area contributed by atoms with E-state index < -0.39 is 0 Å². The number of fused-ring (bicyclic) bond motifs is 1. The zero-order valence-electron chi connectivity index (χ0n) is 15.5. The van der Waals surface area contributed by atoms with Gasteiger partial charge in [-0.2, -0.15) is 0 Å². The molecule has 0 atom stereocenters. The van der Waals surface area contributed by atoms with Crippen LogP contribution in [0, 0.1) is 10.1 Å². The molecule has 1 N–H and O–H groups in total. The van der Waals surface area contributed by atoms with Crippen LogP contribution in [-0.4, -0.2) is 36.6 Å². The molecule has 1 heterocycles. The molecule has 0 saturated heterocycles. The molecule has 1 aliphatic carbocycles. The van der Waals surface area contributed by atoms with Crippen molar-refractivity contribution < 1.29 is 14.4 Å². The molecule has 1 fully saturated rings. The molecule has 142 valence electrons. The number of nitro groups is 1. The van der Waals surface area contributed by atoms with Crippen LogP contribution < -0.4 is 14.8 Å². The topological polar surface area (TPSA) is 76.9 Å². The molecule has 0 unspecified atom stereocenters. The molecule has 2 aliphatic rings. The highest BCUT2D eigenvalue weighted by Crippen LogP contribution is 2.34. The second kappa shape index (κ2) is 8.29. The fourth-order valence-corrected chi connectivity index (χ4v) is 3.85. The summed E-state index contributed by atoms with van der Waals surface area (Å²) in [4.78, 5) is 12.8. The van der Waals surface area contributed by atoms with Crippen molar-refractivity contribution in [2.24, 2.45) is 0 Å². The number of hydrogen-bond acceptors (Lipinski definition) is 6. The summed E-state index contributed by atoms with van der Waals surface area (Å²) in [5, 5.41) is 14.6. The van der Waals surface area contributed by atoms with Gasteiger partial charge in [-0.15, -0.1) is 0 Å². The van der Waals surface area contributed by atoms with E-state index in [9.17, 15) is 10.1 Å². The molecule has 3 rings (SSSR count). The van der Waals surface area contributed by atoms with Crippen molar-refractivity contribution in [3.05, 3.63) is 45.4 Å². The first-order valence-electron chi connectivity index (χ1n) is 9.21. The fourth-order valence-electron chi connectivity index (χ4n) is 3.85. The zero-order chi connectivity index (χ0) is 18.5. The number of nitrogens with zero attached hydrogens (tertiary/aromatic N) is 2. The molecule has 1 aromatic rings. The van der Waals surface area contributed by atoms with Crippen molar-refractivity contribution in [3.8, 4) is 11.5 Å². The van der Waals surface area contributed by atoms with Gasteiger partial charge in [-0.25, -0.2) is 0 Å². The van der Waals surface area contributed by atoms with Crippen LogP contribution in [0.25, 0.3) is 0 Å². The smallest absolute Gasteiger partial charge is 0.274 e. The molecule has 7 nitrogen and oxygen atoms in total. The van der Waals surface area contributed by atoms with Crippen molar-refractivity contribution in [1.29, 1.82) is 0 Å². The molecular formula is C19H27N3O4. The maximum atomic E-state index is 11.1. The number of rotatable bonds is 6. The lowest BCUT2D eigenvalue weighted by molar-refractivity contribution is -0.404. The Kier molecular flexibility index (Phi) is 5.85. The number of methoxy groups -OCH3 is 2. The summed E-state index contributed by atoms with van der Waals surface area (Å²) in [5.74, 6) is 2.02. The lowest BCUT2D eigenvalue weighted by Crippen LogP contribution is -2.41. The van der Waals surface area contributed by atoms with Gasteiger partial charge in [0.2, 0.25) is 0 Å². The number of hydrogen-bond donors (Lipinski definition) is 1. The molecule has 0 bridgehead atoms. The lowest BCUT2D eigenvalue weighted by Gasteiger charge is -2.34. The summed E-state index contributed by atoms with van der Waals surface area (Å²) in [6.07, 6.45) is 7.70. The molecule has 1 aromatic carbocycles. The molecule has 0 amide bonds. The third kappa shape index (κ3) is 4.20. The van der Waals surface area contributed by atoms with E-state index >= 15 is 0 Å². The Morgan fingerprint density at radius 1 is 1.19 bits per heavy atom. The Labute approximate surface area is 154 Å². The predicted molar refractivity (Wildman–Crippen MR) is 98.7 cm³/mol. The Hall–Kier alpha value is -2.44. The van der Waals surface area contributed by atoms with Crippen LogP contribution in [0.3, 0.4) is 0 Å². The van der Waals surface area contributed by atoms with Crippen LogP contribution >= 0.6 is 0 Å². The molecule has 0 radical (unpaired) electrons. The van der Waals surface area contributed by atoms with E-state index in [1.165, 1.54) is 24.8 Å². The average molecular weight is 361 g/mol. The molecule has 0 spiro atoms. The van der Waals surface area contributed by atoms with E-state index in [1.54, 1.807) is 14.2 Å². The number of nitrogens with one attached hydrogen (secondary N) is 1. The van der Waals surface area contributed by atoms with Gasteiger partial charge in [0, 0.05) is 19.1 Å². The molecule has 26 heavy (non-hydrogen) atoms. The standard InChI is InChI=1S/C19H27N3O4/c1-25-17-10-14-8-9-21(12-15(14)11-18(17)26-2)19(13-22(23)24)20-16-6-4-3-5-7-16/h10-11,13,16,20H,3-9,12H2,1-2H3/b19-13-. The minimum Gasteiger partial charge on any atom is -0.493 e. The third-order valence-corrected chi connectivity index (χ3v) is 5.24. The van der Waals surface area contributed by atoms with Gasteiger partial charge in [0.25, 0.3) is 6.20 Å². The minimum atomic E-state index is -0.366. The Morgan fingerprint density at radius 3 is 2.46 bits per heavy atom. The highest BCUT2D eigenvalue weighted by Gasteiger charge is 2.25. The number of ether oxygens (including phenoxy) is 2. The van der Waals surface area contributed by atoms with Crippen LogP contribution in [0.4, 0.5) is 0 Å². The van der Waals surface area contributed by atoms with E-state index in [1.807, 2.05) is 12.1 Å². The summed E-state index contributed by atoms with van der Waals surface area (Å²) in [5.41, 5.74) is 2.32. The molecule has 1 aliphatic heterocycles. The Bertz CT molecular complexity index is 684. The van der Waals surface area contributed by atoms with Gasteiger partial charge in [-0.1, -0.05) is 19.3 Å². The zero-order valence-corrected chi connectivity index (χ0v) is 15.5. The van der Waals surface area contributed by atoms with Gasteiger partial charge in [0.15, 0.2) is 17.3 Å². The summed E-state index contributed by atoms with van der Waals surface area (Å²) >= 11 is 0. The first-order valence-corrected chi connectivity index (χ1v) is 9.21. The normalized spacial score (nSPS) is 18.2. The van der Waals surface area contributed by atoms with Gasteiger partial charge in [0.05, 0.1) is 19.1 Å². The van der Waals surface area contributed by atoms with Crippen molar-refractivity contribution >= 4 is 0 Å². The van der Waals surface area contributed by atoms with Crippen LogP contribution in [-0.2, 0) is 13.0 Å². The van der Waals surface area contributed by atoms with Gasteiger partial charge in [-0.3, -0.25) is 10.1 Å². The molecule has 7 heteroatoms. The van der Waals surface area contributed by atoms with Crippen molar-refractivity contribution in [2.75, 3.05) is 20.8 Å². The maximum absolute atomic E-state index is 11.1. The Morgan fingerprint density at radius 2 is 1.85 bits per heavy atom. The van der Waals surface area contributed by atoms with Crippen molar-refractivity contribution in [3.63, 3.8) is 0 Å². The SMILES string of the molecule is COc1cc2c(cc1OC)CN(/C(=C\[N+](=O)[O-])NC1CCCCC1)CC2.